The van der Waals surface area contributed by atoms with Crippen molar-refractivity contribution in [3.05, 3.63) is 88.9 Å². The summed E-state index contributed by atoms with van der Waals surface area (Å²) in [6.07, 6.45) is 3.32. The molecule has 0 aliphatic carbocycles. The van der Waals surface area contributed by atoms with Crippen molar-refractivity contribution in [2.45, 2.75) is 26.4 Å². The molecule has 33 heavy (non-hydrogen) atoms. The smallest absolute Gasteiger partial charge is 0.204 e. The Kier molecular flexibility index (Phi) is 6.07. The van der Waals surface area contributed by atoms with Crippen molar-refractivity contribution in [1.82, 2.24) is 19.2 Å². The SMILES string of the molecule is Cc1ccc(C(=O)C2CCN(Cn3nc(-c4ccco4)n(-c4ccccc4)c3=S)CC2)cc1. The zero-order valence-electron chi connectivity index (χ0n) is 18.6. The van der Waals surface area contributed by atoms with Crippen LogP contribution in [0.1, 0.15) is 28.8 Å². The molecule has 2 aromatic carbocycles. The average molecular weight is 459 g/mol. The Balaban J connectivity index is 1.33. The molecule has 1 aliphatic rings. The Morgan fingerprint density at radius 3 is 2.42 bits per heavy atom. The lowest BCUT2D eigenvalue weighted by Gasteiger charge is -2.30. The first kappa shape index (κ1) is 21.6. The van der Waals surface area contributed by atoms with E-state index in [0.29, 0.717) is 23.0 Å². The van der Waals surface area contributed by atoms with Gasteiger partial charge in [-0.05, 0) is 56.2 Å². The van der Waals surface area contributed by atoms with E-state index in [4.69, 9.17) is 21.7 Å². The van der Waals surface area contributed by atoms with Crippen LogP contribution in [0.3, 0.4) is 0 Å². The van der Waals surface area contributed by atoms with E-state index in [2.05, 4.69) is 4.90 Å². The molecule has 0 atom stereocenters. The molecule has 5 rings (SSSR count). The van der Waals surface area contributed by atoms with E-state index in [-0.39, 0.29) is 11.7 Å². The summed E-state index contributed by atoms with van der Waals surface area (Å²) in [5, 5.41) is 4.81. The van der Waals surface area contributed by atoms with Crippen molar-refractivity contribution in [3.63, 3.8) is 0 Å². The van der Waals surface area contributed by atoms with Crippen LogP contribution in [0.2, 0.25) is 0 Å². The second-order valence-corrected chi connectivity index (χ2v) is 8.88. The summed E-state index contributed by atoms with van der Waals surface area (Å²) in [6, 6.07) is 21.6. The van der Waals surface area contributed by atoms with Gasteiger partial charge in [0.15, 0.2) is 11.5 Å². The normalized spacial score (nSPS) is 15.1. The molecule has 6 nitrogen and oxygen atoms in total. The highest BCUT2D eigenvalue weighted by molar-refractivity contribution is 7.71. The predicted molar refractivity (Wildman–Crippen MR) is 130 cm³/mol. The van der Waals surface area contributed by atoms with Gasteiger partial charge in [0.2, 0.25) is 10.6 Å². The molecule has 0 saturated carbocycles. The van der Waals surface area contributed by atoms with Gasteiger partial charge in [0.05, 0.1) is 18.6 Å². The molecule has 3 heterocycles. The van der Waals surface area contributed by atoms with Crippen LogP contribution < -0.4 is 0 Å². The maximum atomic E-state index is 12.9. The van der Waals surface area contributed by atoms with E-state index in [1.807, 2.05) is 82.9 Å². The summed E-state index contributed by atoms with van der Waals surface area (Å²) >= 11 is 5.82. The van der Waals surface area contributed by atoms with Gasteiger partial charge in [-0.3, -0.25) is 14.3 Å². The summed E-state index contributed by atoms with van der Waals surface area (Å²) in [4.78, 5) is 15.2. The highest BCUT2D eigenvalue weighted by atomic mass is 32.1. The molecule has 1 fully saturated rings. The molecule has 7 heteroatoms. The van der Waals surface area contributed by atoms with Crippen molar-refractivity contribution >= 4 is 18.0 Å². The first-order chi connectivity index (χ1) is 16.1. The summed E-state index contributed by atoms with van der Waals surface area (Å²) in [7, 11) is 0. The molecule has 168 valence electrons. The van der Waals surface area contributed by atoms with Crippen molar-refractivity contribution in [2.75, 3.05) is 13.1 Å². The van der Waals surface area contributed by atoms with Crippen molar-refractivity contribution in [2.24, 2.45) is 5.92 Å². The first-order valence-corrected chi connectivity index (χ1v) is 11.6. The van der Waals surface area contributed by atoms with Gasteiger partial charge in [-0.15, -0.1) is 5.10 Å². The van der Waals surface area contributed by atoms with Crippen molar-refractivity contribution < 1.29 is 9.21 Å². The minimum Gasteiger partial charge on any atom is -0.461 e. The highest BCUT2D eigenvalue weighted by Gasteiger charge is 2.27. The third kappa shape index (κ3) is 4.47. The van der Waals surface area contributed by atoms with Crippen LogP contribution in [-0.4, -0.2) is 38.1 Å². The van der Waals surface area contributed by atoms with Crippen molar-refractivity contribution in [3.8, 4) is 17.3 Å². The van der Waals surface area contributed by atoms with Crippen LogP contribution in [0.4, 0.5) is 0 Å². The van der Waals surface area contributed by atoms with E-state index in [0.717, 1.165) is 37.2 Å². The largest absolute Gasteiger partial charge is 0.461 e. The number of ketones is 1. The number of hydrogen-bond donors (Lipinski definition) is 0. The molecule has 1 aliphatic heterocycles. The molecular weight excluding hydrogens is 432 g/mol. The third-order valence-electron chi connectivity index (χ3n) is 6.22. The fraction of sp³-hybridized carbons (Fsp3) is 0.269. The van der Waals surface area contributed by atoms with Gasteiger partial charge in [-0.25, -0.2) is 4.68 Å². The topological polar surface area (TPSA) is 56.2 Å². The van der Waals surface area contributed by atoms with Crippen molar-refractivity contribution in [1.29, 1.82) is 0 Å². The summed E-state index contributed by atoms with van der Waals surface area (Å²) in [5.74, 6) is 1.67. The number of benzene rings is 2. The molecular formula is C26H26N4O2S. The maximum Gasteiger partial charge on any atom is 0.204 e. The monoisotopic (exact) mass is 458 g/mol. The van der Waals surface area contributed by atoms with Crippen LogP contribution in [0.15, 0.2) is 77.4 Å². The molecule has 4 aromatic rings. The standard InChI is InChI=1S/C26H26N4O2S/c1-19-9-11-20(12-10-19)24(31)21-13-15-28(16-14-21)18-29-26(33)30(22-6-3-2-4-7-22)25(27-29)23-8-5-17-32-23/h2-12,17,21H,13-16,18H2,1H3. The lowest BCUT2D eigenvalue weighted by atomic mass is 9.89. The number of piperidine rings is 1. The number of likely N-dealkylation sites (tertiary alicyclic amines) is 1. The molecule has 0 unspecified atom stereocenters. The van der Waals surface area contributed by atoms with E-state index < -0.39 is 0 Å². The van der Waals surface area contributed by atoms with E-state index >= 15 is 0 Å². The van der Waals surface area contributed by atoms with Gasteiger partial charge in [-0.1, -0.05) is 48.0 Å². The number of nitrogens with zero attached hydrogens (tertiary/aromatic N) is 4. The lowest BCUT2D eigenvalue weighted by molar-refractivity contribution is 0.0803. The Labute approximate surface area is 198 Å². The first-order valence-electron chi connectivity index (χ1n) is 11.2. The van der Waals surface area contributed by atoms with Gasteiger partial charge in [0, 0.05) is 24.6 Å². The summed E-state index contributed by atoms with van der Waals surface area (Å²) in [6.45, 7) is 4.28. The van der Waals surface area contributed by atoms with E-state index in [1.54, 1.807) is 6.26 Å². The second-order valence-electron chi connectivity index (χ2n) is 8.52. The number of carbonyl (C=O) groups excluding carboxylic acids is 1. The number of carbonyl (C=O) groups is 1. The highest BCUT2D eigenvalue weighted by Crippen LogP contribution is 2.25. The molecule has 0 amide bonds. The van der Waals surface area contributed by atoms with Crippen LogP contribution >= 0.6 is 12.2 Å². The quantitative estimate of drug-likeness (QED) is 0.281. The fourth-order valence-electron chi connectivity index (χ4n) is 4.35. The van der Waals surface area contributed by atoms with Gasteiger partial charge in [-0.2, -0.15) is 0 Å². The Bertz CT molecular complexity index is 1280. The number of rotatable bonds is 6. The number of aromatic nitrogens is 3. The number of hydrogen-bond acceptors (Lipinski definition) is 5. The summed E-state index contributed by atoms with van der Waals surface area (Å²) in [5.41, 5.74) is 2.93. The average Bonchev–Trinajstić information content (AvgIpc) is 3.49. The molecule has 0 spiro atoms. The maximum absolute atomic E-state index is 12.9. The van der Waals surface area contributed by atoms with Crippen LogP contribution in [0.25, 0.3) is 17.3 Å². The minimum absolute atomic E-state index is 0.0671. The zero-order valence-corrected chi connectivity index (χ0v) is 19.4. The van der Waals surface area contributed by atoms with E-state index in [1.165, 1.54) is 5.56 Å². The number of furan rings is 1. The minimum atomic E-state index is 0.0671. The zero-order chi connectivity index (χ0) is 22.8. The van der Waals surface area contributed by atoms with Gasteiger partial charge >= 0.3 is 0 Å². The fourth-order valence-corrected chi connectivity index (χ4v) is 4.65. The number of para-hydroxylation sites is 1. The predicted octanol–water partition coefficient (Wildman–Crippen LogP) is 5.52. The van der Waals surface area contributed by atoms with Gasteiger partial charge in [0.1, 0.15) is 0 Å². The Morgan fingerprint density at radius 1 is 1.03 bits per heavy atom. The molecule has 0 radical (unpaired) electrons. The molecule has 0 N–H and O–H groups in total. The summed E-state index contributed by atoms with van der Waals surface area (Å²) < 4.78 is 10.0. The third-order valence-corrected chi connectivity index (χ3v) is 6.62. The Hall–Kier alpha value is -3.29. The molecule has 2 aromatic heterocycles. The second kappa shape index (κ2) is 9.29. The number of aryl methyl sites for hydroxylation is 1. The Morgan fingerprint density at radius 2 is 1.76 bits per heavy atom. The van der Waals surface area contributed by atoms with Crippen LogP contribution in [-0.2, 0) is 6.67 Å². The molecule has 0 bridgehead atoms. The molecule has 1 saturated heterocycles. The van der Waals surface area contributed by atoms with Gasteiger partial charge in [0.25, 0.3) is 0 Å². The van der Waals surface area contributed by atoms with Gasteiger partial charge < -0.3 is 4.42 Å². The van der Waals surface area contributed by atoms with Crippen LogP contribution in [0.5, 0.6) is 0 Å². The number of Topliss-reactive ketones (excluding diaryl/α,β-unsaturated/α-hetero) is 1. The van der Waals surface area contributed by atoms with Crippen LogP contribution in [0, 0.1) is 17.6 Å². The van der Waals surface area contributed by atoms with E-state index in [9.17, 15) is 4.79 Å². The lowest BCUT2D eigenvalue weighted by Crippen LogP contribution is -2.37.